The highest BCUT2D eigenvalue weighted by Gasteiger charge is 2.18. The molecule has 0 atom stereocenters. The maximum absolute atomic E-state index is 12.0. The molecule has 1 amide bonds. The number of carbonyl (C=O) groups excluding carboxylic acids is 1. The second kappa shape index (κ2) is 6.89. The lowest BCUT2D eigenvalue weighted by molar-refractivity contribution is -0.117. The summed E-state index contributed by atoms with van der Waals surface area (Å²) in [4.78, 5) is 18.7. The van der Waals surface area contributed by atoms with Crippen LogP contribution in [0.5, 0.6) is 0 Å². The first-order valence-electron chi connectivity index (χ1n) is 8.03. The van der Waals surface area contributed by atoms with Gasteiger partial charge >= 0.3 is 0 Å². The Hall–Kier alpha value is -1.62. The van der Waals surface area contributed by atoms with Crippen molar-refractivity contribution in [2.75, 3.05) is 36.4 Å². The van der Waals surface area contributed by atoms with E-state index in [2.05, 4.69) is 20.5 Å². The van der Waals surface area contributed by atoms with Gasteiger partial charge in [-0.3, -0.25) is 4.79 Å². The molecular weight excluding hydrogens is 264 g/mol. The van der Waals surface area contributed by atoms with E-state index in [1.54, 1.807) is 0 Å². The SMILES string of the molecule is O=C(CC1CCCC1)Nc1ccc(N2CCNCC2)cn1. The van der Waals surface area contributed by atoms with Crippen LogP contribution < -0.4 is 15.5 Å². The molecule has 2 aliphatic rings. The van der Waals surface area contributed by atoms with Crippen molar-refractivity contribution in [3.63, 3.8) is 0 Å². The number of aromatic nitrogens is 1. The number of amides is 1. The predicted octanol–water partition coefficient (Wildman–Crippen LogP) is 2.01. The summed E-state index contributed by atoms with van der Waals surface area (Å²) in [6.45, 7) is 4.05. The lowest BCUT2D eigenvalue weighted by atomic mass is 10.0. The molecule has 1 aliphatic heterocycles. The second-order valence-electron chi connectivity index (χ2n) is 6.04. The first-order chi connectivity index (χ1) is 10.3. The van der Waals surface area contributed by atoms with Crippen molar-refractivity contribution in [1.29, 1.82) is 0 Å². The quantitative estimate of drug-likeness (QED) is 0.890. The van der Waals surface area contributed by atoms with Gasteiger partial charge < -0.3 is 15.5 Å². The summed E-state index contributed by atoms with van der Waals surface area (Å²) >= 11 is 0. The topological polar surface area (TPSA) is 57.3 Å². The van der Waals surface area contributed by atoms with Gasteiger partial charge in [0.05, 0.1) is 11.9 Å². The van der Waals surface area contributed by atoms with Crippen molar-refractivity contribution in [3.8, 4) is 0 Å². The van der Waals surface area contributed by atoms with Crippen LogP contribution in [0.3, 0.4) is 0 Å². The van der Waals surface area contributed by atoms with E-state index in [9.17, 15) is 4.79 Å². The van der Waals surface area contributed by atoms with Gasteiger partial charge in [0, 0.05) is 32.6 Å². The highest BCUT2D eigenvalue weighted by Crippen LogP contribution is 2.27. The van der Waals surface area contributed by atoms with E-state index in [4.69, 9.17) is 0 Å². The Morgan fingerprint density at radius 3 is 2.71 bits per heavy atom. The Morgan fingerprint density at radius 1 is 1.29 bits per heavy atom. The summed E-state index contributed by atoms with van der Waals surface area (Å²) in [5.41, 5.74) is 1.13. The van der Waals surface area contributed by atoms with Crippen molar-refractivity contribution in [1.82, 2.24) is 10.3 Å². The standard InChI is InChI=1S/C16H24N4O/c21-16(11-13-3-1-2-4-13)19-15-6-5-14(12-18-15)20-9-7-17-8-10-20/h5-6,12-13,17H,1-4,7-11H2,(H,18,19,21). The maximum atomic E-state index is 12.0. The molecule has 1 aromatic rings. The Balaban J connectivity index is 1.52. The molecule has 3 rings (SSSR count). The van der Waals surface area contributed by atoms with Gasteiger partial charge in [-0.05, 0) is 30.9 Å². The molecule has 1 saturated carbocycles. The molecule has 0 radical (unpaired) electrons. The van der Waals surface area contributed by atoms with E-state index in [1.807, 2.05) is 18.3 Å². The summed E-state index contributed by atoms with van der Waals surface area (Å²) < 4.78 is 0. The van der Waals surface area contributed by atoms with Crippen LogP contribution in [0.4, 0.5) is 11.5 Å². The Bertz CT molecular complexity index is 462. The fraction of sp³-hybridized carbons (Fsp3) is 0.625. The number of carbonyl (C=O) groups is 1. The molecule has 1 aliphatic carbocycles. The second-order valence-corrected chi connectivity index (χ2v) is 6.04. The van der Waals surface area contributed by atoms with Crippen LogP contribution in [0, 0.1) is 5.92 Å². The van der Waals surface area contributed by atoms with Crippen molar-refractivity contribution >= 4 is 17.4 Å². The van der Waals surface area contributed by atoms with E-state index in [0.717, 1.165) is 31.9 Å². The van der Waals surface area contributed by atoms with Gasteiger partial charge in [-0.15, -0.1) is 0 Å². The summed E-state index contributed by atoms with van der Waals surface area (Å²) in [7, 11) is 0. The van der Waals surface area contributed by atoms with E-state index >= 15 is 0 Å². The van der Waals surface area contributed by atoms with Gasteiger partial charge in [-0.1, -0.05) is 12.8 Å². The smallest absolute Gasteiger partial charge is 0.225 e. The zero-order chi connectivity index (χ0) is 14.5. The molecule has 1 saturated heterocycles. The summed E-state index contributed by atoms with van der Waals surface area (Å²) in [6.07, 6.45) is 7.44. The molecule has 5 nitrogen and oxygen atoms in total. The highest BCUT2D eigenvalue weighted by molar-refractivity contribution is 5.90. The molecule has 2 heterocycles. The maximum Gasteiger partial charge on any atom is 0.225 e. The van der Waals surface area contributed by atoms with Crippen LogP contribution in [0.25, 0.3) is 0 Å². The monoisotopic (exact) mass is 288 g/mol. The third kappa shape index (κ3) is 3.94. The number of nitrogens with one attached hydrogen (secondary N) is 2. The molecule has 0 bridgehead atoms. The van der Waals surface area contributed by atoms with Crippen LogP contribution in [-0.2, 0) is 4.79 Å². The molecule has 5 heteroatoms. The largest absolute Gasteiger partial charge is 0.368 e. The molecule has 2 fully saturated rings. The average Bonchev–Trinajstić information content (AvgIpc) is 3.02. The molecule has 0 unspecified atom stereocenters. The third-order valence-corrected chi connectivity index (χ3v) is 4.45. The zero-order valence-electron chi connectivity index (χ0n) is 12.5. The first kappa shape index (κ1) is 14.3. The van der Waals surface area contributed by atoms with Gasteiger partial charge in [-0.2, -0.15) is 0 Å². The van der Waals surface area contributed by atoms with Crippen molar-refractivity contribution < 1.29 is 4.79 Å². The zero-order valence-corrected chi connectivity index (χ0v) is 12.5. The summed E-state index contributed by atoms with van der Waals surface area (Å²) in [5.74, 6) is 1.34. The minimum atomic E-state index is 0.101. The minimum Gasteiger partial charge on any atom is -0.368 e. The van der Waals surface area contributed by atoms with E-state index in [-0.39, 0.29) is 5.91 Å². The number of rotatable bonds is 4. The summed E-state index contributed by atoms with van der Waals surface area (Å²) in [5, 5.41) is 6.26. The van der Waals surface area contributed by atoms with Gasteiger partial charge in [0.15, 0.2) is 0 Å². The molecule has 0 aromatic carbocycles. The molecule has 0 spiro atoms. The number of piperazine rings is 1. The first-order valence-corrected chi connectivity index (χ1v) is 8.03. The van der Waals surface area contributed by atoms with Crippen molar-refractivity contribution in [2.45, 2.75) is 32.1 Å². The number of hydrogen-bond acceptors (Lipinski definition) is 4. The lowest BCUT2D eigenvalue weighted by Crippen LogP contribution is -2.43. The Labute approximate surface area is 126 Å². The Morgan fingerprint density at radius 2 is 2.05 bits per heavy atom. The molecule has 2 N–H and O–H groups in total. The lowest BCUT2D eigenvalue weighted by Gasteiger charge is -2.29. The Kier molecular flexibility index (Phi) is 4.70. The molecule has 1 aromatic heterocycles. The van der Waals surface area contributed by atoms with E-state index in [0.29, 0.717) is 18.2 Å². The van der Waals surface area contributed by atoms with Gasteiger partial charge in [-0.25, -0.2) is 4.98 Å². The normalized spacial score (nSPS) is 19.7. The van der Waals surface area contributed by atoms with Crippen LogP contribution in [0.15, 0.2) is 18.3 Å². The van der Waals surface area contributed by atoms with E-state index < -0.39 is 0 Å². The third-order valence-electron chi connectivity index (χ3n) is 4.45. The van der Waals surface area contributed by atoms with Crippen LogP contribution in [0.1, 0.15) is 32.1 Å². The molecule has 21 heavy (non-hydrogen) atoms. The molecule has 114 valence electrons. The fourth-order valence-corrected chi connectivity index (χ4v) is 3.24. The minimum absolute atomic E-state index is 0.101. The number of hydrogen-bond donors (Lipinski definition) is 2. The van der Waals surface area contributed by atoms with Crippen molar-refractivity contribution in [2.24, 2.45) is 5.92 Å². The average molecular weight is 288 g/mol. The predicted molar refractivity (Wildman–Crippen MR) is 84.5 cm³/mol. The van der Waals surface area contributed by atoms with Crippen LogP contribution in [0.2, 0.25) is 0 Å². The molecular formula is C16H24N4O. The van der Waals surface area contributed by atoms with Crippen LogP contribution >= 0.6 is 0 Å². The number of anilines is 2. The number of nitrogens with zero attached hydrogens (tertiary/aromatic N) is 2. The van der Waals surface area contributed by atoms with Crippen molar-refractivity contribution in [3.05, 3.63) is 18.3 Å². The summed E-state index contributed by atoms with van der Waals surface area (Å²) in [6, 6.07) is 3.95. The van der Waals surface area contributed by atoms with Gasteiger partial charge in [0.2, 0.25) is 5.91 Å². The number of pyridine rings is 1. The van der Waals surface area contributed by atoms with Gasteiger partial charge in [0.25, 0.3) is 0 Å². The highest BCUT2D eigenvalue weighted by atomic mass is 16.1. The van der Waals surface area contributed by atoms with E-state index in [1.165, 1.54) is 25.7 Å². The van der Waals surface area contributed by atoms with Crippen LogP contribution in [-0.4, -0.2) is 37.1 Å². The van der Waals surface area contributed by atoms with Gasteiger partial charge in [0.1, 0.15) is 5.82 Å². The fourth-order valence-electron chi connectivity index (χ4n) is 3.24.